The van der Waals surface area contributed by atoms with E-state index in [-0.39, 0.29) is 25.3 Å². The molecule has 4 rings (SSSR count). The summed E-state index contributed by atoms with van der Waals surface area (Å²) in [5.74, 6) is -0.975. The number of benzene rings is 3. The average molecular weight is 539 g/mol. The Balaban J connectivity index is 1.31. The van der Waals surface area contributed by atoms with Crippen molar-refractivity contribution in [3.63, 3.8) is 0 Å². The van der Waals surface area contributed by atoms with E-state index < -0.39 is 17.9 Å². The number of fused-ring (bicyclic) bond motifs is 1. The smallest absolute Gasteiger partial charge is 0.305 e. The first kappa shape index (κ1) is 28.3. The van der Waals surface area contributed by atoms with Gasteiger partial charge >= 0.3 is 5.97 Å². The van der Waals surface area contributed by atoms with Crippen LogP contribution in [-0.2, 0) is 14.4 Å². The third kappa shape index (κ3) is 7.89. The summed E-state index contributed by atoms with van der Waals surface area (Å²) < 4.78 is 0. The Morgan fingerprint density at radius 3 is 2.42 bits per heavy atom. The lowest BCUT2D eigenvalue weighted by atomic mass is 9.95. The second kappa shape index (κ2) is 13.4. The number of nitrogens with zero attached hydrogens (tertiary/aromatic N) is 1. The Morgan fingerprint density at radius 1 is 0.900 bits per heavy atom. The molecule has 206 valence electrons. The highest BCUT2D eigenvalue weighted by Gasteiger charge is 2.19. The van der Waals surface area contributed by atoms with E-state index in [0.717, 1.165) is 33.3 Å². The molecule has 1 heterocycles. The van der Waals surface area contributed by atoms with Gasteiger partial charge in [-0.2, -0.15) is 0 Å². The standard InChI is InChI=1S/C32H34N4O4/c1-21-8-9-23-5-3-6-26(27(23)17-21)24-10-12-25(13-11-24)28(19-32(39)40)36-31(38)20-35-30(37)7-4-15-33-29-18-22(2)14-16-34-29/h3,5-6,8-14,16-18,28H,4,7,15,19-20H2,1-2H3,(H,33,34)(H,35,37)(H,36,38)(H,39,40)/t28-/m0/s1. The van der Waals surface area contributed by atoms with Crippen molar-refractivity contribution in [2.75, 3.05) is 18.4 Å². The zero-order valence-corrected chi connectivity index (χ0v) is 22.7. The number of carbonyl (C=O) groups is 3. The highest BCUT2D eigenvalue weighted by Crippen LogP contribution is 2.30. The number of pyridine rings is 1. The molecule has 4 aromatic rings. The number of carboxylic acid groups (broad SMARTS) is 1. The first-order valence-electron chi connectivity index (χ1n) is 13.3. The van der Waals surface area contributed by atoms with Crippen LogP contribution in [0.25, 0.3) is 21.9 Å². The van der Waals surface area contributed by atoms with Gasteiger partial charge < -0.3 is 21.1 Å². The van der Waals surface area contributed by atoms with Crippen LogP contribution in [0.4, 0.5) is 5.82 Å². The van der Waals surface area contributed by atoms with Crippen LogP contribution in [0.2, 0.25) is 0 Å². The first-order valence-corrected chi connectivity index (χ1v) is 13.3. The minimum Gasteiger partial charge on any atom is -0.481 e. The molecule has 0 spiro atoms. The Labute approximate surface area is 233 Å². The lowest BCUT2D eigenvalue weighted by Crippen LogP contribution is -2.39. The van der Waals surface area contributed by atoms with Gasteiger partial charge in [-0.1, -0.05) is 66.2 Å². The van der Waals surface area contributed by atoms with Crippen LogP contribution in [0.15, 0.2) is 79.0 Å². The van der Waals surface area contributed by atoms with Crippen LogP contribution in [-0.4, -0.2) is 41.0 Å². The fraction of sp³-hybridized carbons (Fsp3) is 0.250. The summed E-state index contributed by atoms with van der Waals surface area (Å²) in [5.41, 5.74) is 5.03. The summed E-state index contributed by atoms with van der Waals surface area (Å²) in [5, 5.41) is 20.3. The maximum Gasteiger partial charge on any atom is 0.305 e. The molecule has 0 radical (unpaired) electrons. The predicted molar refractivity (Wildman–Crippen MR) is 157 cm³/mol. The summed E-state index contributed by atoms with van der Waals surface area (Å²) in [4.78, 5) is 40.5. The maximum atomic E-state index is 12.6. The van der Waals surface area contributed by atoms with Crippen molar-refractivity contribution in [1.82, 2.24) is 15.6 Å². The molecule has 40 heavy (non-hydrogen) atoms. The number of hydrogen-bond donors (Lipinski definition) is 4. The lowest BCUT2D eigenvalue weighted by Gasteiger charge is -2.18. The van der Waals surface area contributed by atoms with E-state index in [4.69, 9.17) is 0 Å². The normalized spacial score (nSPS) is 11.6. The Hall–Kier alpha value is -4.72. The van der Waals surface area contributed by atoms with Gasteiger partial charge in [-0.15, -0.1) is 0 Å². The van der Waals surface area contributed by atoms with Crippen LogP contribution < -0.4 is 16.0 Å². The molecule has 0 saturated heterocycles. The highest BCUT2D eigenvalue weighted by molar-refractivity contribution is 5.97. The van der Waals surface area contributed by atoms with E-state index in [1.54, 1.807) is 6.20 Å². The molecule has 0 aliphatic rings. The number of nitrogens with one attached hydrogen (secondary N) is 3. The van der Waals surface area contributed by atoms with Crippen LogP contribution in [0.5, 0.6) is 0 Å². The predicted octanol–water partition coefficient (Wildman–Crippen LogP) is 5.16. The van der Waals surface area contributed by atoms with Crippen molar-refractivity contribution in [2.45, 2.75) is 39.2 Å². The molecule has 0 unspecified atom stereocenters. The van der Waals surface area contributed by atoms with Crippen LogP contribution >= 0.6 is 0 Å². The number of rotatable bonds is 12. The second-order valence-corrected chi connectivity index (χ2v) is 9.90. The molecule has 1 aromatic heterocycles. The number of aryl methyl sites for hydroxylation is 2. The molecule has 0 saturated carbocycles. The zero-order valence-electron chi connectivity index (χ0n) is 22.7. The fourth-order valence-corrected chi connectivity index (χ4v) is 4.57. The van der Waals surface area contributed by atoms with Crippen molar-refractivity contribution < 1.29 is 19.5 Å². The second-order valence-electron chi connectivity index (χ2n) is 9.90. The minimum absolute atomic E-state index is 0.227. The molecular formula is C32H34N4O4. The van der Waals surface area contributed by atoms with Gasteiger partial charge in [0.2, 0.25) is 11.8 Å². The van der Waals surface area contributed by atoms with Crippen LogP contribution in [0.3, 0.4) is 0 Å². The van der Waals surface area contributed by atoms with Crippen molar-refractivity contribution >= 4 is 34.4 Å². The number of hydrogen-bond acceptors (Lipinski definition) is 5. The Morgan fingerprint density at radius 2 is 1.68 bits per heavy atom. The van der Waals surface area contributed by atoms with Gasteiger partial charge in [0.25, 0.3) is 0 Å². The monoisotopic (exact) mass is 538 g/mol. The third-order valence-corrected chi connectivity index (χ3v) is 6.62. The molecular weight excluding hydrogens is 504 g/mol. The van der Waals surface area contributed by atoms with Crippen molar-refractivity contribution in [3.8, 4) is 11.1 Å². The van der Waals surface area contributed by atoms with E-state index in [0.29, 0.717) is 18.5 Å². The topological polar surface area (TPSA) is 120 Å². The summed E-state index contributed by atoms with van der Waals surface area (Å²) >= 11 is 0. The van der Waals surface area contributed by atoms with E-state index in [1.807, 2.05) is 49.4 Å². The molecule has 0 aliphatic heterocycles. The molecule has 8 nitrogen and oxygen atoms in total. The third-order valence-electron chi connectivity index (χ3n) is 6.62. The van der Waals surface area contributed by atoms with Gasteiger partial charge in [-0.25, -0.2) is 4.98 Å². The molecule has 0 bridgehead atoms. The molecule has 8 heteroatoms. The van der Waals surface area contributed by atoms with Gasteiger partial charge in [-0.3, -0.25) is 14.4 Å². The van der Waals surface area contributed by atoms with Crippen LogP contribution in [0.1, 0.15) is 42.0 Å². The summed E-state index contributed by atoms with van der Waals surface area (Å²) in [6.45, 7) is 4.39. The molecule has 2 amide bonds. The summed E-state index contributed by atoms with van der Waals surface area (Å²) in [7, 11) is 0. The van der Waals surface area contributed by atoms with Gasteiger partial charge in [0.05, 0.1) is 19.0 Å². The van der Waals surface area contributed by atoms with Crippen molar-refractivity contribution in [1.29, 1.82) is 0 Å². The number of aromatic nitrogens is 1. The molecule has 1 atom stereocenters. The number of amides is 2. The van der Waals surface area contributed by atoms with Crippen LogP contribution in [0, 0.1) is 13.8 Å². The lowest BCUT2D eigenvalue weighted by molar-refractivity contribution is -0.138. The van der Waals surface area contributed by atoms with Crippen molar-refractivity contribution in [3.05, 3.63) is 95.7 Å². The highest BCUT2D eigenvalue weighted by atomic mass is 16.4. The number of anilines is 1. The van der Waals surface area contributed by atoms with Gasteiger partial charge in [-0.05, 0) is 65.4 Å². The summed E-state index contributed by atoms with van der Waals surface area (Å²) in [6, 6.07) is 23.1. The van der Waals surface area contributed by atoms with Crippen molar-refractivity contribution in [2.24, 2.45) is 0 Å². The van der Waals surface area contributed by atoms with E-state index >= 15 is 0 Å². The number of carbonyl (C=O) groups excluding carboxylic acids is 2. The quantitative estimate of drug-likeness (QED) is 0.185. The molecule has 4 N–H and O–H groups in total. The van der Waals surface area contributed by atoms with Gasteiger partial charge in [0.15, 0.2) is 0 Å². The Kier molecular flexibility index (Phi) is 9.46. The van der Waals surface area contributed by atoms with E-state index in [9.17, 15) is 19.5 Å². The average Bonchev–Trinajstić information content (AvgIpc) is 2.93. The maximum absolute atomic E-state index is 12.6. The van der Waals surface area contributed by atoms with Gasteiger partial charge in [0, 0.05) is 19.2 Å². The largest absolute Gasteiger partial charge is 0.481 e. The fourth-order valence-electron chi connectivity index (χ4n) is 4.57. The molecule has 0 aliphatic carbocycles. The van der Waals surface area contributed by atoms with E-state index in [1.165, 1.54) is 5.56 Å². The first-order chi connectivity index (χ1) is 19.3. The Bertz CT molecular complexity index is 1500. The number of carboxylic acids is 1. The SMILES string of the molecule is Cc1ccnc(NCCCC(=O)NCC(=O)N[C@@H](CC(=O)O)c2ccc(-c3cccc4ccc(C)cc34)cc2)c1. The molecule has 3 aromatic carbocycles. The van der Waals surface area contributed by atoms with E-state index in [2.05, 4.69) is 58.2 Å². The minimum atomic E-state index is -1.03. The summed E-state index contributed by atoms with van der Waals surface area (Å²) in [6.07, 6.45) is 2.28. The molecule has 0 fully saturated rings. The zero-order chi connectivity index (χ0) is 28.5. The van der Waals surface area contributed by atoms with Gasteiger partial charge in [0.1, 0.15) is 5.82 Å². The number of aliphatic carboxylic acids is 1.